The summed E-state index contributed by atoms with van der Waals surface area (Å²) in [5, 5.41) is 14.0. The fourth-order valence-electron chi connectivity index (χ4n) is 3.19. The molecular weight excluding hydrogens is 380 g/mol. The van der Waals surface area contributed by atoms with E-state index in [1.54, 1.807) is 7.05 Å². The first-order valence-electron chi connectivity index (χ1n) is 10.4. The molecule has 1 saturated carbocycles. The molecule has 1 aliphatic rings. The number of carbonyl (C=O) groups excluding carboxylic acids is 1. The van der Waals surface area contributed by atoms with Crippen molar-refractivity contribution in [3.63, 3.8) is 0 Å². The van der Waals surface area contributed by atoms with E-state index < -0.39 is 0 Å². The SMILES string of the molecule is CN=C(NCCc1ccc(OCC(=O)NC2CC2)cc1)NCc1c(C)nn(C)c1C. The Hall–Kier alpha value is -3.03. The summed E-state index contributed by atoms with van der Waals surface area (Å²) in [6, 6.07) is 8.21. The van der Waals surface area contributed by atoms with Crippen LogP contribution in [0.3, 0.4) is 0 Å². The maximum Gasteiger partial charge on any atom is 0.258 e. The normalized spacial score (nSPS) is 13.8. The lowest BCUT2D eigenvalue weighted by Gasteiger charge is -2.12. The minimum atomic E-state index is -0.0543. The Balaban J connectivity index is 1.38. The van der Waals surface area contributed by atoms with Crippen molar-refractivity contribution in [1.82, 2.24) is 25.7 Å². The number of hydrogen-bond donors (Lipinski definition) is 3. The Labute approximate surface area is 178 Å². The minimum Gasteiger partial charge on any atom is -0.484 e. The van der Waals surface area contributed by atoms with Crippen LogP contribution in [-0.2, 0) is 24.8 Å². The monoisotopic (exact) mass is 412 g/mol. The molecule has 0 atom stereocenters. The highest BCUT2D eigenvalue weighted by atomic mass is 16.5. The van der Waals surface area contributed by atoms with Crippen molar-refractivity contribution in [2.45, 2.75) is 45.7 Å². The smallest absolute Gasteiger partial charge is 0.258 e. The number of aryl methyl sites for hydroxylation is 2. The van der Waals surface area contributed by atoms with Crippen LogP contribution >= 0.6 is 0 Å². The van der Waals surface area contributed by atoms with E-state index in [-0.39, 0.29) is 12.5 Å². The lowest BCUT2D eigenvalue weighted by molar-refractivity contribution is -0.123. The van der Waals surface area contributed by atoms with Gasteiger partial charge in [0.15, 0.2) is 12.6 Å². The van der Waals surface area contributed by atoms with E-state index >= 15 is 0 Å². The molecule has 0 unspecified atom stereocenters. The van der Waals surface area contributed by atoms with Gasteiger partial charge in [-0.05, 0) is 50.8 Å². The average molecular weight is 413 g/mol. The van der Waals surface area contributed by atoms with E-state index in [1.807, 2.05) is 42.9 Å². The van der Waals surface area contributed by atoms with E-state index in [1.165, 1.54) is 11.1 Å². The summed E-state index contributed by atoms with van der Waals surface area (Å²) >= 11 is 0. The van der Waals surface area contributed by atoms with E-state index in [0.717, 1.165) is 43.2 Å². The maximum absolute atomic E-state index is 11.7. The fourth-order valence-corrected chi connectivity index (χ4v) is 3.19. The molecule has 1 aliphatic carbocycles. The molecule has 0 bridgehead atoms. The van der Waals surface area contributed by atoms with Crippen molar-refractivity contribution in [2.24, 2.45) is 12.0 Å². The van der Waals surface area contributed by atoms with Gasteiger partial charge in [0.25, 0.3) is 5.91 Å². The molecule has 2 aromatic rings. The van der Waals surface area contributed by atoms with Gasteiger partial charge in [-0.15, -0.1) is 0 Å². The number of aliphatic imine (C=N–C) groups is 1. The Morgan fingerprint density at radius 2 is 1.97 bits per heavy atom. The number of rotatable bonds is 9. The van der Waals surface area contributed by atoms with Gasteiger partial charge in [0.2, 0.25) is 0 Å². The van der Waals surface area contributed by atoms with E-state index in [0.29, 0.717) is 18.3 Å². The van der Waals surface area contributed by atoms with Crippen molar-refractivity contribution >= 4 is 11.9 Å². The molecule has 3 N–H and O–H groups in total. The van der Waals surface area contributed by atoms with Crippen molar-refractivity contribution in [3.8, 4) is 5.75 Å². The molecule has 0 radical (unpaired) electrons. The highest BCUT2D eigenvalue weighted by Gasteiger charge is 2.23. The first kappa shape index (κ1) is 21.7. The first-order chi connectivity index (χ1) is 14.5. The number of aromatic nitrogens is 2. The summed E-state index contributed by atoms with van der Waals surface area (Å²) in [6.07, 6.45) is 3.02. The summed E-state index contributed by atoms with van der Waals surface area (Å²) in [4.78, 5) is 16.0. The zero-order valence-electron chi connectivity index (χ0n) is 18.3. The average Bonchev–Trinajstić information content (AvgIpc) is 3.51. The molecule has 3 rings (SSSR count). The van der Waals surface area contributed by atoms with Gasteiger partial charge in [0, 0.05) is 44.5 Å². The van der Waals surface area contributed by atoms with Crippen LogP contribution in [0, 0.1) is 13.8 Å². The molecule has 162 valence electrons. The van der Waals surface area contributed by atoms with E-state index in [2.05, 4.69) is 33.0 Å². The minimum absolute atomic E-state index is 0.0543. The van der Waals surface area contributed by atoms with Gasteiger partial charge < -0.3 is 20.7 Å². The lowest BCUT2D eigenvalue weighted by Crippen LogP contribution is -2.38. The van der Waals surface area contributed by atoms with Crippen LogP contribution in [0.1, 0.15) is 35.4 Å². The molecule has 0 saturated heterocycles. The van der Waals surface area contributed by atoms with Gasteiger partial charge in [-0.25, -0.2) is 0 Å². The predicted molar refractivity (Wildman–Crippen MR) is 118 cm³/mol. The van der Waals surface area contributed by atoms with Crippen molar-refractivity contribution < 1.29 is 9.53 Å². The molecule has 0 spiro atoms. The largest absolute Gasteiger partial charge is 0.484 e. The number of amides is 1. The molecular formula is C22H32N6O2. The third-order valence-corrected chi connectivity index (χ3v) is 5.26. The second kappa shape index (κ2) is 10.1. The van der Waals surface area contributed by atoms with Crippen LogP contribution in [0.5, 0.6) is 5.75 Å². The van der Waals surface area contributed by atoms with Crippen molar-refractivity contribution in [3.05, 3.63) is 46.8 Å². The Kier molecular flexibility index (Phi) is 7.32. The van der Waals surface area contributed by atoms with Crippen LogP contribution in [-0.4, -0.2) is 47.9 Å². The molecule has 1 heterocycles. The Morgan fingerprint density at radius 3 is 2.57 bits per heavy atom. The van der Waals surface area contributed by atoms with Crippen LogP contribution in [0.15, 0.2) is 29.3 Å². The number of hydrogen-bond acceptors (Lipinski definition) is 4. The van der Waals surface area contributed by atoms with Gasteiger partial charge >= 0.3 is 0 Å². The number of carbonyl (C=O) groups is 1. The van der Waals surface area contributed by atoms with Crippen LogP contribution < -0.4 is 20.7 Å². The summed E-state index contributed by atoms with van der Waals surface area (Å²) in [7, 11) is 3.72. The Morgan fingerprint density at radius 1 is 1.23 bits per heavy atom. The zero-order valence-corrected chi connectivity index (χ0v) is 18.3. The van der Waals surface area contributed by atoms with Crippen LogP contribution in [0.25, 0.3) is 0 Å². The van der Waals surface area contributed by atoms with Gasteiger partial charge in [-0.2, -0.15) is 5.10 Å². The van der Waals surface area contributed by atoms with E-state index in [9.17, 15) is 4.79 Å². The predicted octanol–water partition coefficient (Wildman–Crippen LogP) is 1.60. The van der Waals surface area contributed by atoms with Crippen LogP contribution in [0.2, 0.25) is 0 Å². The third-order valence-electron chi connectivity index (χ3n) is 5.26. The molecule has 0 aliphatic heterocycles. The number of ether oxygens (including phenoxy) is 1. The standard InChI is InChI=1S/C22H32N6O2/c1-15-20(16(2)28(4)27-15)13-25-22(23-3)24-12-11-17-5-9-19(10-6-17)30-14-21(29)26-18-7-8-18/h5-6,9-10,18H,7-8,11-14H2,1-4H3,(H,26,29)(H2,23,24,25). The lowest BCUT2D eigenvalue weighted by atomic mass is 10.1. The van der Waals surface area contributed by atoms with Gasteiger partial charge in [-0.1, -0.05) is 12.1 Å². The topological polar surface area (TPSA) is 92.6 Å². The second-order valence-electron chi connectivity index (χ2n) is 7.65. The van der Waals surface area contributed by atoms with Gasteiger partial charge in [0.05, 0.1) is 5.69 Å². The molecule has 1 fully saturated rings. The highest BCUT2D eigenvalue weighted by molar-refractivity contribution is 5.79. The summed E-state index contributed by atoms with van der Waals surface area (Å²) in [5.41, 5.74) is 4.57. The first-order valence-corrected chi connectivity index (χ1v) is 10.4. The highest BCUT2D eigenvalue weighted by Crippen LogP contribution is 2.18. The number of benzene rings is 1. The fraction of sp³-hybridized carbons (Fsp3) is 0.500. The summed E-state index contributed by atoms with van der Waals surface area (Å²) in [5.74, 6) is 1.41. The number of nitrogens with one attached hydrogen (secondary N) is 3. The summed E-state index contributed by atoms with van der Waals surface area (Å²) < 4.78 is 7.44. The third kappa shape index (κ3) is 6.23. The van der Waals surface area contributed by atoms with Gasteiger partial charge in [-0.3, -0.25) is 14.5 Å². The summed E-state index contributed by atoms with van der Waals surface area (Å²) in [6.45, 7) is 5.60. The van der Waals surface area contributed by atoms with Gasteiger partial charge in [0.1, 0.15) is 5.75 Å². The van der Waals surface area contributed by atoms with E-state index in [4.69, 9.17) is 4.74 Å². The molecule has 8 heteroatoms. The van der Waals surface area contributed by atoms with Crippen molar-refractivity contribution in [2.75, 3.05) is 20.2 Å². The number of guanidine groups is 1. The second-order valence-corrected chi connectivity index (χ2v) is 7.65. The van der Waals surface area contributed by atoms with Crippen LogP contribution in [0.4, 0.5) is 0 Å². The van der Waals surface area contributed by atoms with Crippen molar-refractivity contribution in [1.29, 1.82) is 0 Å². The zero-order chi connectivity index (χ0) is 21.5. The number of nitrogens with zero attached hydrogens (tertiary/aromatic N) is 3. The maximum atomic E-state index is 11.7. The molecule has 8 nitrogen and oxygen atoms in total. The molecule has 1 aromatic heterocycles. The molecule has 1 aromatic carbocycles. The Bertz CT molecular complexity index is 884. The molecule has 30 heavy (non-hydrogen) atoms. The molecule has 1 amide bonds. The quantitative estimate of drug-likeness (QED) is 0.430.